The number of aliphatic imine (C=N–C) groups is 1. The van der Waals surface area contributed by atoms with E-state index in [2.05, 4.69) is 70.0 Å². The molecule has 0 amide bonds. The Morgan fingerprint density at radius 2 is 1.94 bits per heavy atom. The lowest BCUT2D eigenvalue weighted by atomic mass is 9.88. The van der Waals surface area contributed by atoms with Crippen molar-refractivity contribution in [3.8, 4) is 0 Å². The summed E-state index contributed by atoms with van der Waals surface area (Å²) in [4.78, 5) is 7.13. The van der Waals surface area contributed by atoms with Crippen LogP contribution in [0.1, 0.15) is 64.0 Å². The van der Waals surface area contributed by atoms with E-state index in [0.717, 1.165) is 57.7 Å². The van der Waals surface area contributed by atoms with Crippen molar-refractivity contribution in [2.45, 2.75) is 70.0 Å². The molecule has 0 radical (unpaired) electrons. The Kier molecular flexibility index (Phi) is 12.3. The molecule has 0 saturated carbocycles. The zero-order chi connectivity index (χ0) is 21.9. The van der Waals surface area contributed by atoms with Gasteiger partial charge in [0.2, 0.25) is 0 Å². The predicted molar refractivity (Wildman–Crippen MR) is 145 cm³/mol. The SMILES string of the molecule is CCC1CCCCN1CCNC(=NC)NCC1(NC(C)c2ccccc2)CCOCC1.I. The van der Waals surface area contributed by atoms with E-state index in [1.165, 1.54) is 37.8 Å². The van der Waals surface area contributed by atoms with Crippen LogP contribution in [0.5, 0.6) is 0 Å². The van der Waals surface area contributed by atoms with Gasteiger partial charge in [-0.05, 0) is 51.1 Å². The third-order valence-corrected chi connectivity index (χ3v) is 7.00. The van der Waals surface area contributed by atoms with Gasteiger partial charge in [-0.25, -0.2) is 0 Å². The molecule has 0 aliphatic carbocycles. The highest BCUT2D eigenvalue weighted by molar-refractivity contribution is 14.0. The second-order valence-corrected chi connectivity index (χ2v) is 9.12. The fourth-order valence-corrected chi connectivity index (χ4v) is 5.03. The molecule has 0 spiro atoms. The summed E-state index contributed by atoms with van der Waals surface area (Å²) in [5.41, 5.74) is 1.33. The highest BCUT2D eigenvalue weighted by Gasteiger charge is 2.34. The normalized spacial score (nSPS) is 22.6. The number of rotatable bonds is 9. The molecule has 32 heavy (non-hydrogen) atoms. The van der Waals surface area contributed by atoms with Crippen molar-refractivity contribution in [2.75, 3.05) is 46.4 Å². The molecule has 2 fully saturated rings. The lowest BCUT2D eigenvalue weighted by Gasteiger charge is -2.41. The van der Waals surface area contributed by atoms with E-state index in [4.69, 9.17) is 4.74 Å². The minimum atomic E-state index is 0. The van der Waals surface area contributed by atoms with Crippen LogP contribution in [0.4, 0.5) is 0 Å². The number of halogens is 1. The maximum Gasteiger partial charge on any atom is 0.191 e. The lowest BCUT2D eigenvalue weighted by Crippen LogP contribution is -2.58. The third-order valence-electron chi connectivity index (χ3n) is 7.00. The van der Waals surface area contributed by atoms with Crippen molar-refractivity contribution in [1.82, 2.24) is 20.9 Å². The summed E-state index contributed by atoms with van der Waals surface area (Å²) in [7, 11) is 1.86. The van der Waals surface area contributed by atoms with Crippen LogP contribution >= 0.6 is 24.0 Å². The first-order valence-electron chi connectivity index (χ1n) is 12.2. The number of hydrogen-bond donors (Lipinski definition) is 3. The van der Waals surface area contributed by atoms with Crippen LogP contribution in [-0.4, -0.2) is 68.9 Å². The number of nitrogens with one attached hydrogen (secondary N) is 3. The van der Waals surface area contributed by atoms with Crippen molar-refractivity contribution < 1.29 is 4.74 Å². The Balaban J connectivity index is 0.00000363. The second kappa shape index (κ2) is 14.4. The van der Waals surface area contributed by atoms with E-state index in [0.29, 0.717) is 6.04 Å². The van der Waals surface area contributed by atoms with Gasteiger partial charge in [0.15, 0.2) is 5.96 Å². The molecule has 182 valence electrons. The molecule has 2 aliphatic rings. The predicted octanol–water partition coefficient (Wildman–Crippen LogP) is 3.93. The van der Waals surface area contributed by atoms with Crippen LogP contribution in [0.25, 0.3) is 0 Å². The molecule has 3 N–H and O–H groups in total. The summed E-state index contributed by atoms with van der Waals surface area (Å²) in [5, 5.41) is 11.1. The largest absolute Gasteiger partial charge is 0.381 e. The molecule has 2 heterocycles. The highest BCUT2D eigenvalue weighted by atomic mass is 127. The number of guanidine groups is 1. The average molecular weight is 558 g/mol. The van der Waals surface area contributed by atoms with Gasteiger partial charge in [-0.1, -0.05) is 43.7 Å². The minimum absolute atomic E-state index is 0. The third kappa shape index (κ3) is 8.15. The van der Waals surface area contributed by atoms with Gasteiger partial charge in [0.25, 0.3) is 0 Å². The number of ether oxygens (including phenoxy) is 1. The molecule has 0 aromatic heterocycles. The van der Waals surface area contributed by atoms with Gasteiger partial charge in [0.1, 0.15) is 0 Å². The quantitative estimate of drug-likeness (QED) is 0.244. The van der Waals surface area contributed by atoms with E-state index < -0.39 is 0 Å². The van der Waals surface area contributed by atoms with Gasteiger partial charge < -0.3 is 20.7 Å². The van der Waals surface area contributed by atoms with Crippen molar-refractivity contribution in [3.63, 3.8) is 0 Å². The van der Waals surface area contributed by atoms with Crippen molar-refractivity contribution in [3.05, 3.63) is 35.9 Å². The standard InChI is InChI=1S/C25H43N5O.HI/c1-4-23-12-8-9-16-30(23)17-15-27-24(26-3)28-20-25(13-18-31-19-14-25)29-21(2)22-10-6-5-7-11-22;/h5-7,10-11,21,23,29H,4,8-9,12-20H2,1-3H3,(H2,26,27,28);1H. The van der Waals surface area contributed by atoms with Gasteiger partial charge in [-0.3, -0.25) is 9.89 Å². The molecule has 2 atom stereocenters. The summed E-state index contributed by atoms with van der Waals surface area (Å²) in [6.07, 6.45) is 7.31. The van der Waals surface area contributed by atoms with Crippen molar-refractivity contribution in [1.29, 1.82) is 0 Å². The zero-order valence-electron chi connectivity index (χ0n) is 20.2. The van der Waals surface area contributed by atoms with E-state index in [-0.39, 0.29) is 29.5 Å². The van der Waals surface area contributed by atoms with Gasteiger partial charge >= 0.3 is 0 Å². The first-order chi connectivity index (χ1) is 15.2. The van der Waals surface area contributed by atoms with Crippen molar-refractivity contribution in [2.24, 2.45) is 4.99 Å². The molecule has 2 saturated heterocycles. The summed E-state index contributed by atoms with van der Waals surface area (Å²) in [5.74, 6) is 0.894. The van der Waals surface area contributed by atoms with Gasteiger partial charge in [-0.2, -0.15) is 0 Å². The van der Waals surface area contributed by atoms with Gasteiger partial charge in [0.05, 0.1) is 0 Å². The minimum Gasteiger partial charge on any atom is -0.381 e. The zero-order valence-corrected chi connectivity index (χ0v) is 22.6. The molecule has 2 aliphatic heterocycles. The van der Waals surface area contributed by atoms with Crippen LogP contribution in [0.15, 0.2) is 35.3 Å². The van der Waals surface area contributed by atoms with Crippen LogP contribution in [0, 0.1) is 0 Å². The molecule has 6 nitrogen and oxygen atoms in total. The number of benzene rings is 1. The number of hydrogen-bond acceptors (Lipinski definition) is 4. The summed E-state index contributed by atoms with van der Waals surface area (Å²) >= 11 is 0. The van der Waals surface area contributed by atoms with Crippen LogP contribution < -0.4 is 16.0 Å². The maximum atomic E-state index is 5.68. The molecule has 7 heteroatoms. The fraction of sp³-hybridized carbons (Fsp3) is 0.720. The number of likely N-dealkylation sites (tertiary alicyclic amines) is 1. The molecular weight excluding hydrogens is 513 g/mol. The molecule has 0 bridgehead atoms. The second-order valence-electron chi connectivity index (χ2n) is 9.12. The van der Waals surface area contributed by atoms with Crippen molar-refractivity contribution >= 4 is 29.9 Å². The Morgan fingerprint density at radius 1 is 1.19 bits per heavy atom. The number of nitrogens with zero attached hydrogens (tertiary/aromatic N) is 2. The first kappa shape index (κ1) is 27.3. The van der Waals surface area contributed by atoms with E-state index in [9.17, 15) is 0 Å². The summed E-state index contributed by atoms with van der Waals surface area (Å²) in [6, 6.07) is 11.7. The maximum absolute atomic E-state index is 5.68. The average Bonchev–Trinajstić information content (AvgIpc) is 2.82. The Labute approximate surface area is 212 Å². The van der Waals surface area contributed by atoms with Crippen LogP contribution in [0.2, 0.25) is 0 Å². The summed E-state index contributed by atoms with van der Waals surface area (Å²) < 4.78 is 5.68. The lowest BCUT2D eigenvalue weighted by molar-refractivity contribution is 0.0354. The van der Waals surface area contributed by atoms with Gasteiger partial charge in [0, 0.05) is 57.5 Å². The van der Waals surface area contributed by atoms with Crippen LogP contribution in [0.3, 0.4) is 0 Å². The molecule has 2 unspecified atom stereocenters. The smallest absolute Gasteiger partial charge is 0.191 e. The topological polar surface area (TPSA) is 60.9 Å². The molecule has 3 rings (SSSR count). The number of piperidine rings is 1. The Hall–Kier alpha value is -0.900. The Morgan fingerprint density at radius 3 is 2.62 bits per heavy atom. The van der Waals surface area contributed by atoms with E-state index in [1.807, 2.05) is 7.05 Å². The molecular formula is C25H44IN5O. The fourth-order valence-electron chi connectivity index (χ4n) is 5.03. The first-order valence-corrected chi connectivity index (χ1v) is 12.2. The van der Waals surface area contributed by atoms with E-state index in [1.54, 1.807) is 0 Å². The van der Waals surface area contributed by atoms with Gasteiger partial charge in [-0.15, -0.1) is 24.0 Å². The highest BCUT2D eigenvalue weighted by Crippen LogP contribution is 2.25. The molecule has 1 aromatic rings. The Bertz CT molecular complexity index is 666. The van der Waals surface area contributed by atoms with E-state index >= 15 is 0 Å². The monoisotopic (exact) mass is 557 g/mol. The molecule has 1 aromatic carbocycles. The van der Waals surface area contributed by atoms with Crippen LogP contribution in [-0.2, 0) is 4.74 Å². The summed E-state index contributed by atoms with van der Waals surface area (Å²) in [6.45, 7) is 10.3.